The highest BCUT2D eigenvalue weighted by molar-refractivity contribution is 5.85. The van der Waals surface area contributed by atoms with Crippen molar-refractivity contribution in [2.24, 2.45) is 11.7 Å². The first kappa shape index (κ1) is 19.8. The van der Waals surface area contributed by atoms with Crippen molar-refractivity contribution in [1.82, 2.24) is 5.32 Å². The lowest BCUT2D eigenvalue weighted by atomic mass is 9.87. The van der Waals surface area contributed by atoms with Gasteiger partial charge in [0.15, 0.2) is 6.10 Å². The maximum absolute atomic E-state index is 12.2. The van der Waals surface area contributed by atoms with Gasteiger partial charge in [0.25, 0.3) is 5.91 Å². The van der Waals surface area contributed by atoms with Gasteiger partial charge in [-0.05, 0) is 48.8 Å². The molecule has 0 saturated heterocycles. The van der Waals surface area contributed by atoms with Gasteiger partial charge in [-0.3, -0.25) is 4.79 Å². The molecule has 2 atom stereocenters. The van der Waals surface area contributed by atoms with Crippen molar-refractivity contribution in [2.75, 3.05) is 6.54 Å². The number of carbonyl (C=O) groups excluding carboxylic acids is 1. The van der Waals surface area contributed by atoms with Crippen molar-refractivity contribution in [3.8, 4) is 5.75 Å². The average molecular weight is 341 g/mol. The van der Waals surface area contributed by atoms with Gasteiger partial charge in [0.05, 0.1) is 0 Å². The van der Waals surface area contributed by atoms with Gasteiger partial charge in [0.2, 0.25) is 0 Å². The molecule has 2 rings (SSSR count). The van der Waals surface area contributed by atoms with Gasteiger partial charge in [0.1, 0.15) is 5.75 Å². The molecule has 1 aliphatic rings. The van der Waals surface area contributed by atoms with Gasteiger partial charge in [-0.1, -0.05) is 32.9 Å². The largest absolute Gasteiger partial charge is 0.481 e. The van der Waals surface area contributed by atoms with Crippen LogP contribution in [0.2, 0.25) is 0 Å². The van der Waals surface area contributed by atoms with Crippen LogP contribution in [0.3, 0.4) is 0 Å². The van der Waals surface area contributed by atoms with Gasteiger partial charge < -0.3 is 15.8 Å². The minimum Gasteiger partial charge on any atom is -0.481 e. The Morgan fingerprint density at radius 3 is 2.30 bits per heavy atom. The summed E-state index contributed by atoms with van der Waals surface area (Å²) < 4.78 is 5.74. The molecule has 0 aromatic heterocycles. The van der Waals surface area contributed by atoms with Gasteiger partial charge in [-0.25, -0.2) is 0 Å². The van der Waals surface area contributed by atoms with Crippen molar-refractivity contribution in [3.05, 3.63) is 29.8 Å². The van der Waals surface area contributed by atoms with Crippen LogP contribution in [-0.2, 0) is 10.2 Å². The van der Waals surface area contributed by atoms with E-state index in [-0.39, 0.29) is 29.8 Å². The predicted molar refractivity (Wildman–Crippen MR) is 96.2 cm³/mol. The molecule has 0 bridgehead atoms. The molecule has 0 aliphatic heterocycles. The van der Waals surface area contributed by atoms with E-state index < -0.39 is 6.10 Å². The normalized spacial score (nSPS) is 16.9. The number of ether oxygens (including phenoxy) is 1. The number of nitrogens with two attached hydrogens (primary N) is 1. The van der Waals surface area contributed by atoms with Crippen LogP contribution in [0.25, 0.3) is 0 Å². The molecule has 2 unspecified atom stereocenters. The van der Waals surface area contributed by atoms with E-state index in [1.165, 1.54) is 5.56 Å². The van der Waals surface area contributed by atoms with E-state index in [9.17, 15) is 4.79 Å². The number of nitrogens with one attached hydrogen (secondary N) is 1. The molecule has 23 heavy (non-hydrogen) atoms. The van der Waals surface area contributed by atoms with Crippen LogP contribution < -0.4 is 15.8 Å². The summed E-state index contributed by atoms with van der Waals surface area (Å²) in [5.74, 6) is 1.17. The maximum atomic E-state index is 12.2. The highest BCUT2D eigenvalue weighted by atomic mass is 35.5. The fourth-order valence-corrected chi connectivity index (χ4v) is 2.46. The summed E-state index contributed by atoms with van der Waals surface area (Å²) in [6.07, 6.45) is 1.80. The Morgan fingerprint density at radius 1 is 1.30 bits per heavy atom. The second kappa shape index (κ2) is 8.02. The van der Waals surface area contributed by atoms with Crippen LogP contribution in [0, 0.1) is 5.92 Å². The third kappa shape index (κ3) is 5.70. The molecule has 0 heterocycles. The number of benzene rings is 1. The fraction of sp³-hybridized carbons (Fsp3) is 0.611. The van der Waals surface area contributed by atoms with E-state index in [4.69, 9.17) is 10.5 Å². The molecule has 1 aliphatic carbocycles. The summed E-state index contributed by atoms with van der Waals surface area (Å²) in [6, 6.07) is 8.03. The van der Waals surface area contributed by atoms with Gasteiger partial charge in [-0.2, -0.15) is 0 Å². The predicted octanol–water partition coefficient (Wildman–Crippen LogP) is 3.03. The average Bonchev–Trinajstić information content (AvgIpc) is 3.28. The lowest BCUT2D eigenvalue weighted by Gasteiger charge is -2.21. The van der Waals surface area contributed by atoms with Gasteiger partial charge >= 0.3 is 0 Å². The first-order chi connectivity index (χ1) is 10.3. The second-order valence-electron chi connectivity index (χ2n) is 7.22. The quantitative estimate of drug-likeness (QED) is 0.836. The molecule has 1 fully saturated rings. The number of amides is 1. The Labute approximate surface area is 145 Å². The minimum absolute atomic E-state index is 0. The molecule has 5 heteroatoms. The van der Waals surface area contributed by atoms with Crippen molar-refractivity contribution in [1.29, 1.82) is 0 Å². The Balaban J connectivity index is 0.00000264. The van der Waals surface area contributed by atoms with Crippen LogP contribution in [0.5, 0.6) is 5.75 Å². The van der Waals surface area contributed by atoms with Gasteiger partial charge in [0, 0.05) is 12.6 Å². The molecule has 1 aromatic carbocycles. The summed E-state index contributed by atoms with van der Waals surface area (Å²) in [6.45, 7) is 8.77. The smallest absolute Gasteiger partial charge is 0.261 e. The highest BCUT2D eigenvalue weighted by Crippen LogP contribution is 2.32. The molecule has 4 nitrogen and oxygen atoms in total. The van der Waals surface area contributed by atoms with E-state index >= 15 is 0 Å². The SMILES string of the molecule is CC(Oc1ccc(C(C)(C)C)cc1)C(=O)NC(CN)C1CC1.Cl. The first-order valence-corrected chi connectivity index (χ1v) is 8.09. The summed E-state index contributed by atoms with van der Waals surface area (Å²) in [5.41, 5.74) is 7.07. The van der Waals surface area contributed by atoms with Crippen molar-refractivity contribution >= 4 is 18.3 Å². The number of rotatable bonds is 6. The first-order valence-electron chi connectivity index (χ1n) is 8.09. The van der Waals surface area contributed by atoms with E-state index in [0.29, 0.717) is 18.2 Å². The lowest BCUT2D eigenvalue weighted by molar-refractivity contribution is -0.128. The number of hydrogen-bond acceptors (Lipinski definition) is 3. The van der Waals surface area contributed by atoms with Crippen LogP contribution in [-0.4, -0.2) is 24.6 Å². The summed E-state index contributed by atoms with van der Waals surface area (Å²) in [4.78, 5) is 12.2. The summed E-state index contributed by atoms with van der Waals surface area (Å²) in [5, 5.41) is 3.00. The van der Waals surface area contributed by atoms with Crippen LogP contribution in [0.1, 0.15) is 46.1 Å². The van der Waals surface area contributed by atoms with E-state index in [2.05, 4.69) is 26.1 Å². The van der Waals surface area contributed by atoms with Crippen LogP contribution in [0.4, 0.5) is 0 Å². The van der Waals surface area contributed by atoms with Crippen LogP contribution in [0.15, 0.2) is 24.3 Å². The Morgan fingerprint density at radius 2 is 1.87 bits per heavy atom. The number of carbonyl (C=O) groups is 1. The van der Waals surface area contributed by atoms with E-state index in [1.54, 1.807) is 6.92 Å². The molecule has 0 spiro atoms. The van der Waals surface area contributed by atoms with Crippen molar-refractivity contribution in [3.63, 3.8) is 0 Å². The number of hydrogen-bond donors (Lipinski definition) is 2. The van der Waals surface area contributed by atoms with Crippen molar-refractivity contribution < 1.29 is 9.53 Å². The summed E-state index contributed by atoms with van der Waals surface area (Å²) in [7, 11) is 0. The zero-order chi connectivity index (χ0) is 16.3. The zero-order valence-corrected chi connectivity index (χ0v) is 15.3. The Bertz CT molecular complexity index is 507. The Hall–Kier alpha value is -1.26. The second-order valence-corrected chi connectivity index (χ2v) is 7.22. The molecule has 1 amide bonds. The highest BCUT2D eigenvalue weighted by Gasteiger charge is 2.32. The van der Waals surface area contributed by atoms with Crippen molar-refractivity contribution in [2.45, 2.75) is 58.1 Å². The zero-order valence-electron chi connectivity index (χ0n) is 14.5. The fourth-order valence-electron chi connectivity index (χ4n) is 2.46. The molecule has 130 valence electrons. The molecule has 1 aromatic rings. The van der Waals surface area contributed by atoms with Gasteiger partial charge in [-0.15, -0.1) is 12.4 Å². The van der Waals surface area contributed by atoms with E-state index in [1.807, 2.05) is 24.3 Å². The molecule has 3 N–H and O–H groups in total. The topological polar surface area (TPSA) is 64.3 Å². The third-order valence-corrected chi connectivity index (χ3v) is 4.18. The van der Waals surface area contributed by atoms with E-state index in [0.717, 1.165) is 12.8 Å². The standard InChI is InChI=1S/C18H28N2O2.ClH/c1-12(17(21)20-16(11-19)13-5-6-13)22-15-9-7-14(8-10-15)18(2,3)4;/h7-10,12-13,16H,5-6,11,19H2,1-4H3,(H,20,21);1H. The molecule has 0 radical (unpaired) electrons. The molecule has 1 saturated carbocycles. The molecular weight excluding hydrogens is 312 g/mol. The molecular formula is C18H29ClN2O2. The Kier molecular flexibility index (Phi) is 6.90. The minimum atomic E-state index is -0.520. The maximum Gasteiger partial charge on any atom is 0.261 e. The van der Waals surface area contributed by atoms with Crippen LogP contribution >= 0.6 is 12.4 Å². The summed E-state index contributed by atoms with van der Waals surface area (Å²) >= 11 is 0. The monoisotopic (exact) mass is 340 g/mol. The number of halogens is 1. The third-order valence-electron chi connectivity index (χ3n) is 4.18. The lowest BCUT2D eigenvalue weighted by Crippen LogP contribution is -2.46.